The Morgan fingerprint density at radius 1 is 0.700 bits per heavy atom. The smallest absolute Gasteiger partial charge is 0.0841 e. The van der Waals surface area contributed by atoms with Crippen LogP contribution in [0.1, 0.15) is 55.4 Å². The fourth-order valence-corrected chi connectivity index (χ4v) is 2.21. The van der Waals surface area contributed by atoms with Crippen LogP contribution in [0.15, 0.2) is 0 Å². The van der Waals surface area contributed by atoms with E-state index in [1.807, 2.05) is 55.4 Å². The Kier molecular flexibility index (Phi) is 7.67. The number of aliphatic hydroxyl groups excluding tert-OH is 2. The molecule has 4 unspecified atom stereocenters. The minimum absolute atomic E-state index is 0.0313. The number of hydrogen-bond acceptors (Lipinski definition) is 4. The summed E-state index contributed by atoms with van der Waals surface area (Å²) in [5, 5.41) is 19.1. The van der Waals surface area contributed by atoms with E-state index in [1.54, 1.807) is 0 Å². The SMILES string of the molecule is CC(C(CO)OC(C)(C)C)C(C)C(CO)OC(C)(C)C. The standard InChI is InChI=1S/C16H34O4/c1-11(13(9-17)19-15(3,4)5)12(2)14(10-18)20-16(6,7)8/h11-14,17-18H,9-10H2,1-8H3. The van der Waals surface area contributed by atoms with E-state index in [1.165, 1.54) is 0 Å². The minimum Gasteiger partial charge on any atom is -0.394 e. The van der Waals surface area contributed by atoms with Gasteiger partial charge in [-0.15, -0.1) is 0 Å². The highest BCUT2D eigenvalue weighted by Gasteiger charge is 2.33. The van der Waals surface area contributed by atoms with E-state index in [9.17, 15) is 10.2 Å². The van der Waals surface area contributed by atoms with Crippen molar-refractivity contribution in [3.05, 3.63) is 0 Å². The second kappa shape index (κ2) is 7.74. The Balaban J connectivity index is 4.81. The Bertz CT molecular complexity index is 237. The van der Waals surface area contributed by atoms with E-state index in [4.69, 9.17) is 9.47 Å². The lowest BCUT2D eigenvalue weighted by atomic mass is 9.86. The average molecular weight is 290 g/mol. The maximum Gasteiger partial charge on any atom is 0.0841 e. The molecule has 0 aromatic heterocycles. The first-order valence-corrected chi connectivity index (χ1v) is 7.48. The molecule has 0 aliphatic carbocycles. The van der Waals surface area contributed by atoms with Crippen LogP contribution in [-0.2, 0) is 9.47 Å². The van der Waals surface area contributed by atoms with Gasteiger partial charge in [0, 0.05) is 0 Å². The molecule has 4 atom stereocenters. The van der Waals surface area contributed by atoms with Gasteiger partial charge in [0.1, 0.15) is 0 Å². The molecule has 4 nitrogen and oxygen atoms in total. The van der Waals surface area contributed by atoms with Crippen LogP contribution in [-0.4, -0.2) is 46.8 Å². The quantitative estimate of drug-likeness (QED) is 0.756. The van der Waals surface area contributed by atoms with Crippen LogP contribution in [0.3, 0.4) is 0 Å². The summed E-state index contributed by atoms with van der Waals surface area (Å²) < 4.78 is 11.8. The fourth-order valence-electron chi connectivity index (χ4n) is 2.21. The molecule has 0 spiro atoms. The summed E-state index contributed by atoms with van der Waals surface area (Å²) in [5.74, 6) is 0.164. The van der Waals surface area contributed by atoms with Crippen molar-refractivity contribution < 1.29 is 19.7 Å². The summed E-state index contributed by atoms with van der Waals surface area (Å²) in [6, 6.07) is 0. The van der Waals surface area contributed by atoms with E-state index in [0.717, 1.165) is 0 Å². The zero-order chi connectivity index (χ0) is 16.1. The molecular weight excluding hydrogens is 256 g/mol. The summed E-state index contributed by atoms with van der Waals surface area (Å²) in [5.41, 5.74) is -0.609. The van der Waals surface area contributed by atoms with Crippen molar-refractivity contribution in [3.8, 4) is 0 Å². The van der Waals surface area contributed by atoms with Crippen molar-refractivity contribution in [3.63, 3.8) is 0 Å². The summed E-state index contributed by atoms with van der Waals surface area (Å²) in [4.78, 5) is 0. The predicted molar refractivity (Wildman–Crippen MR) is 81.8 cm³/mol. The molecule has 4 heteroatoms. The lowest BCUT2D eigenvalue weighted by Gasteiger charge is -2.38. The molecule has 0 aromatic rings. The predicted octanol–water partition coefficient (Wildman–Crippen LogP) is 2.61. The molecule has 0 fully saturated rings. The monoisotopic (exact) mass is 290 g/mol. The highest BCUT2D eigenvalue weighted by molar-refractivity contribution is 4.80. The highest BCUT2D eigenvalue weighted by atomic mass is 16.5. The third kappa shape index (κ3) is 7.58. The summed E-state index contributed by atoms with van der Waals surface area (Å²) in [6.07, 6.45) is -0.523. The van der Waals surface area contributed by atoms with Crippen LogP contribution in [0, 0.1) is 11.8 Å². The molecule has 0 aliphatic rings. The first kappa shape index (κ1) is 19.8. The maximum absolute atomic E-state index is 9.57. The summed E-state index contributed by atoms with van der Waals surface area (Å²) in [6.45, 7) is 15.9. The highest BCUT2D eigenvalue weighted by Crippen LogP contribution is 2.28. The third-order valence-corrected chi connectivity index (χ3v) is 3.37. The molecule has 0 aromatic carbocycles. The molecule has 0 saturated heterocycles. The summed E-state index contributed by atoms with van der Waals surface area (Å²) >= 11 is 0. The van der Waals surface area contributed by atoms with Gasteiger partial charge in [0.2, 0.25) is 0 Å². The van der Waals surface area contributed by atoms with Gasteiger partial charge >= 0.3 is 0 Å². The minimum atomic E-state index is -0.305. The van der Waals surface area contributed by atoms with Crippen LogP contribution in [0.2, 0.25) is 0 Å². The molecule has 0 bridgehead atoms. The van der Waals surface area contributed by atoms with Crippen molar-refractivity contribution >= 4 is 0 Å². The number of rotatable bonds is 7. The van der Waals surface area contributed by atoms with Crippen LogP contribution in [0.5, 0.6) is 0 Å². The second-order valence-corrected chi connectivity index (χ2v) is 7.62. The first-order valence-electron chi connectivity index (χ1n) is 7.48. The van der Waals surface area contributed by atoms with Crippen molar-refractivity contribution in [2.24, 2.45) is 11.8 Å². The lowest BCUT2D eigenvalue weighted by Crippen LogP contribution is -2.43. The molecule has 0 aliphatic heterocycles. The Labute approximate surface area is 124 Å². The first-order chi connectivity index (χ1) is 8.91. The van der Waals surface area contributed by atoms with E-state index in [-0.39, 0.29) is 48.5 Å². The molecule has 2 N–H and O–H groups in total. The van der Waals surface area contributed by atoms with Gasteiger partial charge in [-0.25, -0.2) is 0 Å². The van der Waals surface area contributed by atoms with Crippen LogP contribution >= 0.6 is 0 Å². The van der Waals surface area contributed by atoms with Crippen LogP contribution in [0.25, 0.3) is 0 Å². The van der Waals surface area contributed by atoms with Crippen molar-refractivity contribution in [1.29, 1.82) is 0 Å². The molecule has 0 saturated carbocycles. The molecule has 0 heterocycles. The van der Waals surface area contributed by atoms with Gasteiger partial charge in [0.15, 0.2) is 0 Å². The Morgan fingerprint density at radius 2 is 0.950 bits per heavy atom. The Hall–Kier alpha value is -0.160. The van der Waals surface area contributed by atoms with E-state index in [2.05, 4.69) is 0 Å². The van der Waals surface area contributed by atoms with Crippen molar-refractivity contribution in [2.45, 2.75) is 78.8 Å². The van der Waals surface area contributed by atoms with Gasteiger partial charge in [-0.3, -0.25) is 0 Å². The van der Waals surface area contributed by atoms with E-state index >= 15 is 0 Å². The zero-order valence-corrected chi connectivity index (χ0v) is 14.4. The molecule has 0 rings (SSSR count). The Morgan fingerprint density at radius 3 is 1.10 bits per heavy atom. The number of ether oxygens (including phenoxy) is 2. The average Bonchev–Trinajstić information content (AvgIpc) is 2.28. The van der Waals surface area contributed by atoms with Gasteiger partial charge in [0.05, 0.1) is 36.6 Å². The maximum atomic E-state index is 9.57. The van der Waals surface area contributed by atoms with Gasteiger partial charge in [-0.2, -0.15) is 0 Å². The molecule has 0 amide bonds. The van der Waals surface area contributed by atoms with Gasteiger partial charge in [-0.1, -0.05) is 13.8 Å². The molecule has 0 radical (unpaired) electrons. The molecular formula is C16H34O4. The normalized spacial score (nSPS) is 19.5. The largest absolute Gasteiger partial charge is 0.394 e. The molecule has 122 valence electrons. The van der Waals surface area contributed by atoms with E-state index in [0.29, 0.717) is 0 Å². The second-order valence-electron chi connectivity index (χ2n) is 7.62. The fraction of sp³-hybridized carbons (Fsp3) is 1.00. The summed E-state index contributed by atoms with van der Waals surface area (Å²) in [7, 11) is 0. The third-order valence-electron chi connectivity index (χ3n) is 3.37. The van der Waals surface area contributed by atoms with E-state index < -0.39 is 0 Å². The van der Waals surface area contributed by atoms with Crippen molar-refractivity contribution in [2.75, 3.05) is 13.2 Å². The van der Waals surface area contributed by atoms with Crippen LogP contribution < -0.4 is 0 Å². The number of hydrogen-bond donors (Lipinski definition) is 2. The van der Waals surface area contributed by atoms with Gasteiger partial charge in [0.25, 0.3) is 0 Å². The van der Waals surface area contributed by atoms with Crippen LogP contribution in [0.4, 0.5) is 0 Å². The lowest BCUT2D eigenvalue weighted by molar-refractivity contribution is -0.147. The van der Waals surface area contributed by atoms with Gasteiger partial charge in [-0.05, 0) is 53.4 Å². The topological polar surface area (TPSA) is 58.9 Å². The van der Waals surface area contributed by atoms with Crippen molar-refractivity contribution in [1.82, 2.24) is 0 Å². The van der Waals surface area contributed by atoms with Gasteiger partial charge < -0.3 is 19.7 Å². The molecule has 20 heavy (non-hydrogen) atoms. The number of aliphatic hydroxyl groups is 2. The zero-order valence-electron chi connectivity index (χ0n) is 14.4.